The Hall–Kier alpha value is -3.67. The second-order valence-corrected chi connectivity index (χ2v) is 10.3. The Kier molecular flexibility index (Phi) is 7.49. The van der Waals surface area contributed by atoms with E-state index in [9.17, 15) is 18.5 Å². The maximum Gasteiger partial charge on any atom is 0.309 e. The lowest BCUT2D eigenvalue weighted by atomic mass is 9.98. The molecule has 3 aromatic rings. The van der Waals surface area contributed by atoms with E-state index in [1.165, 1.54) is 23.5 Å². The molecule has 0 aliphatic carbocycles. The zero-order chi connectivity index (χ0) is 24.8. The first-order valence-corrected chi connectivity index (χ1v) is 12.8. The van der Waals surface area contributed by atoms with Crippen molar-refractivity contribution in [2.24, 2.45) is 5.92 Å². The van der Waals surface area contributed by atoms with Crippen LogP contribution in [0.5, 0.6) is 5.75 Å². The van der Waals surface area contributed by atoms with Crippen molar-refractivity contribution in [3.63, 3.8) is 0 Å². The summed E-state index contributed by atoms with van der Waals surface area (Å²) in [5.74, 6) is -0.0588. The van der Waals surface area contributed by atoms with Gasteiger partial charge in [-0.2, -0.15) is 9.57 Å². The van der Waals surface area contributed by atoms with Gasteiger partial charge in [0.05, 0.1) is 29.6 Å². The SMILES string of the molecule is COc1ccc(S(=O)(=O)N2CCC(C(=O)OCc3ccc(-c4ccccc4C#N)cc3)CC2)cc1. The number of esters is 1. The van der Waals surface area contributed by atoms with Crippen molar-refractivity contribution in [3.8, 4) is 22.9 Å². The molecule has 1 fully saturated rings. The van der Waals surface area contributed by atoms with Gasteiger partial charge in [-0.1, -0.05) is 42.5 Å². The standard InChI is InChI=1S/C27H26N2O5S/c1-33-24-10-12-25(13-11-24)35(31,32)29-16-14-22(15-17-29)27(30)34-19-20-6-8-21(9-7-20)26-5-3-2-4-23(26)18-28/h2-13,22H,14-17,19H2,1H3. The first kappa shape index (κ1) is 24.5. The van der Waals surface area contributed by atoms with Gasteiger partial charge in [0.15, 0.2) is 0 Å². The van der Waals surface area contributed by atoms with Crippen molar-refractivity contribution >= 4 is 16.0 Å². The third kappa shape index (κ3) is 5.53. The normalized spacial score (nSPS) is 14.7. The molecule has 0 bridgehead atoms. The molecule has 35 heavy (non-hydrogen) atoms. The predicted molar refractivity (Wildman–Crippen MR) is 131 cm³/mol. The minimum atomic E-state index is -3.62. The number of nitriles is 1. The van der Waals surface area contributed by atoms with Gasteiger partial charge in [-0.15, -0.1) is 0 Å². The monoisotopic (exact) mass is 490 g/mol. The van der Waals surface area contributed by atoms with Crippen LogP contribution in [0, 0.1) is 17.2 Å². The van der Waals surface area contributed by atoms with Gasteiger partial charge in [0.2, 0.25) is 10.0 Å². The summed E-state index contributed by atoms with van der Waals surface area (Å²) >= 11 is 0. The smallest absolute Gasteiger partial charge is 0.309 e. The van der Waals surface area contributed by atoms with Gasteiger partial charge >= 0.3 is 5.97 Å². The fourth-order valence-electron chi connectivity index (χ4n) is 4.11. The zero-order valence-corrected chi connectivity index (χ0v) is 20.2. The number of nitrogens with zero attached hydrogens (tertiary/aromatic N) is 2. The molecular weight excluding hydrogens is 464 g/mol. The zero-order valence-electron chi connectivity index (χ0n) is 19.4. The minimum Gasteiger partial charge on any atom is -0.497 e. The van der Waals surface area contributed by atoms with Crippen LogP contribution in [0.15, 0.2) is 77.7 Å². The minimum absolute atomic E-state index is 0.142. The van der Waals surface area contributed by atoms with E-state index in [1.54, 1.807) is 18.2 Å². The quantitative estimate of drug-likeness (QED) is 0.456. The molecule has 0 N–H and O–H groups in total. The van der Waals surface area contributed by atoms with Gasteiger partial charge in [0, 0.05) is 13.1 Å². The molecule has 4 rings (SSSR count). The Balaban J connectivity index is 1.30. The lowest BCUT2D eigenvalue weighted by molar-refractivity contribution is -0.151. The Labute approximate surface area is 205 Å². The summed E-state index contributed by atoms with van der Waals surface area (Å²) < 4.78 is 37.8. The molecule has 180 valence electrons. The summed E-state index contributed by atoms with van der Waals surface area (Å²) in [6.45, 7) is 0.672. The number of carbonyl (C=O) groups is 1. The summed E-state index contributed by atoms with van der Waals surface area (Å²) in [6, 6.07) is 23.4. The van der Waals surface area contributed by atoms with Crippen LogP contribution in [0.1, 0.15) is 24.0 Å². The molecule has 0 aromatic heterocycles. The summed E-state index contributed by atoms with van der Waals surface area (Å²) in [5.41, 5.74) is 3.22. The molecule has 8 heteroatoms. The molecule has 0 atom stereocenters. The van der Waals surface area contributed by atoms with Crippen molar-refractivity contribution in [2.75, 3.05) is 20.2 Å². The second kappa shape index (κ2) is 10.7. The van der Waals surface area contributed by atoms with E-state index in [2.05, 4.69) is 6.07 Å². The van der Waals surface area contributed by atoms with Gasteiger partial charge in [0.1, 0.15) is 12.4 Å². The molecule has 0 saturated carbocycles. The van der Waals surface area contributed by atoms with Crippen LogP contribution in [0.4, 0.5) is 0 Å². The predicted octanol–water partition coefficient (Wildman–Crippen LogP) is 4.38. The first-order valence-electron chi connectivity index (χ1n) is 11.3. The molecule has 0 spiro atoms. The highest BCUT2D eigenvalue weighted by atomic mass is 32.2. The Morgan fingerprint density at radius 1 is 1.00 bits per heavy atom. The fourth-order valence-corrected chi connectivity index (χ4v) is 5.58. The van der Waals surface area contributed by atoms with Gasteiger partial charge < -0.3 is 9.47 Å². The highest BCUT2D eigenvalue weighted by Gasteiger charge is 2.32. The summed E-state index contributed by atoms with van der Waals surface area (Å²) in [5, 5.41) is 9.29. The molecule has 0 unspecified atom stereocenters. The Bertz CT molecular complexity index is 1320. The molecule has 1 aliphatic rings. The van der Waals surface area contributed by atoms with Gasteiger partial charge in [-0.3, -0.25) is 4.79 Å². The number of methoxy groups -OCH3 is 1. The summed E-state index contributed by atoms with van der Waals surface area (Å²) in [7, 11) is -2.09. The number of carbonyl (C=O) groups excluding carboxylic acids is 1. The van der Waals surface area contributed by atoms with E-state index in [0.29, 0.717) is 24.2 Å². The number of rotatable bonds is 7. The number of piperidine rings is 1. The van der Waals surface area contributed by atoms with Crippen LogP contribution in [0.3, 0.4) is 0 Å². The first-order chi connectivity index (χ1) is 16.9. The van der Waals surface area contributed by atoms with Crippen molar-refractivity contribution in [3.05, 3.63) is 83.9 Å². The highest BCUT2D eigenvalue weighted by Crippen LogP contribution is 2.27. The maximum atomic E-state index is 12.9. The van der Waals surface area contributed by atoms with Crippen LogP contribution >= 0.6 is 0 Å². The van der Waals surface area contributed by atoms with Crippen molar-refractivity contribution in [1.29, 1.82) is 5.26 Å². The molecule has 0 amide bonds. The lowest BCUT2D eigenvalue weighted by Crippen LogP contribution is -2.40. The van der Waals surface area contributed by atoms with E-state index in [0.717, 1.165) is 16.7 Å². The average molecular weight is 491 g/mol. The molecular formula is C27H26N2O5S. The number of hydrogen-bond donors (Lipinski definition) is 0. The largest absolute Gasteiger partial charge is 0.497 e. The molecule has 1 heterocycles. The topological polar surface area (TPSA) is 96.7 Å². The molecule has 7 nitrogen and oxygen atoms in total. The summed E-state index contributed by atoms with van der Waals surface area (Å²) in [4.78, 5) is 12.8. The van der Waals surface area contributed by atoms with E-state index in [-0.39, 0.29) is 36.5 Å². The van der Waals surface area contributed by atoms with Crippen molar-refractivity contribution < 1.29 is 22.7 Å². The van der Waals surface area contributed by atoms with E-state index < -0.39 is 10.0 Å². The average Bonchev–Trinajstić information content (AvgIpc) is 2.92. The lowest BCUT2D eigenvalue weighted by Gasteiger charge is -2.30. The molecule has 1 aliphatic heterocycles. The maximum absolute atomic E-state index is 12.9. The number of hydrogen-bond acceptors (Lipinski definition) is 6. The third-order valence-corrected chi connectivity index (χ3v) is 8.09. The Morgan fingerprint density at radius 3 is 2.29 bits per heavy atom. The fraction of sp³-hybridized carbons (Fsp3) is 0.259. The molecule has 3 aromatic carbocycles. The highest BCUT2D eigenvalue weighted by molar-refractivity contribution is 7.89. The molecule has 0 radical (unpaired) electrons. The number of sulfonamides is 1. The van der Waals surface area contributed by atoms with Crippen LogP contribution < -0.4 is 4.74 Å². The van der Waals surface area contributed by atoms with E-state index in [1.807, 2.05) is 42.5 Å². The number of ether oxygens (including phenoxy) is 2. The van der Waals surface area contributed by atoms with Gasteiger partial charge in [0.25, 0.3) is 0 Å². The van der Waals surface area contributed by atoms with Crippen LogP contribution in [-0.4, -0.2) is 38.9 Å². The van der Waals surface area contributed by atoms with Crippen molar-refractivity contribution in [1.82, 2.24) is 4.31 Å². The van der Waals surface area contributed by atoms with Gasteiger partial charge in [-0.05, 0) is 59.9 Å². The van der Waals surface area contributed by atoms with Crippen LogP contribution in [-0.2, 0) is 26.2 Å². The van der Waals surface area contributed by atoms with E-state index >= 15 is 0 Å². The second-order valence-electron chi connectivity index (χ2n) is 8.32. The Morgan fingerprint density at radius 2 is 1.66 bits per heavy atom. The third-order valence-electron chi connectivity index (χ3n) is 6.18. The number of benzene rings is 3. The molecule has 1 saturated heterocycles. The van der Waals surface area contributed by atoms with Crippen molar-refractivity contribution in [2.45, 2.75) is 24.3 Å². The van der Waals surface area contributed by atoms with Crippen LogP contribution in [0.25, 0.3) is 11.1 Å². The summed E-state index contributed by atoms with van der Waals surface area (Å²) in [6.07, 6.45) is 0.830. The van der Waals surface area contributed by atoms with E-state index in [4.69, 9.17) is 9.47 Å². The van der Waals surface area contributed by atoms with Gasteiger partial charge in [-0.25, -0.2) is 8.42 Å². The van der Waals surface area contributed by atoms with Crippen LogP contribution in [0.2, 0.25) is 0 Å².